The molecular formula is C11H12N2O2. The third-order valence-electron chi connectivity index (χ3n) is 1.60. The number of pyridine rings is 1. The summed E-state index contributed by atoms with van der Waals surface area (Å²) in [5, 5.41) is 0. The summed E-state index contributed by atoms with van der Waals surface area (Å²) in [6.45, 7) is 2.12. The van der Waals surface area contributed by atoms with Crippen molar-refractivity contribution in [1.82, 2.24) is 4.98 Å². The Morgan fingerprint density at radius 3 is 3.13 bits per heavy atom. The van der Waals surface area contributed by atoms with Crippen molar-refractivity contribution in [3.63, 3.8) is 0 Å². The molecule has 0 aliphatic heterocycles. The first-order chi connectivity index (χ1) is 7.24. The minimum Gasteiger partial charge on any atom is -0.465 e. The number of nitrogens with zero attached hydrogens (tertiary/aromatic N) is 1. The standard InChI is InChI=1S/C11H12N2O2/c1-2-15-10(14)7-3-5-9-6-4-8-13-11(9)12/h4,6,8H,2,7H2,1H3,(H2,12,13). The van der Waals surface area contributed by atoms with Gasteiger partial charge in [0.1, 0.15) is 12.2 Å². The third-order valence-corrected chi connectivity index (χ3v) is 1.60. The van der Waals surface area contributed by atoms with Crippen LogP contribution >= 0.6 is 0 Å². The van der Waals surface area contributed by atoms with E-state index in [1.807, 2.05) is 0 Å². The van der Waals surface area contributed by atoms with Gasteiger partial charge >= 0.3 is 5.97 Å². The van der Waals surface area contributed by atoms with Crippen LogP contribution in [0.3, 0.4) is 0 Å². The maximum absolute atomic E-state index is 10.9. The smallest absolute Gasteiger partial charge is 0.317 e. The van der Waals surface area contributed by atoms with Crippen LogP contribution in [0.2, 0.25) is 0 Å². The lowest BCUT2D eigenvalue weighted by molar-refractivity contribution is -0.141. The molecule has 0 aromatic carbocycles. The van der Waals surface area contributed by atoms with Crippen molar-refractivity contribution in [2.24, 2.45) is 0 Å². The number of nitrogens with two attached hydrogens (primary N) is 1. The molecule has 0 saturated carbocycles. The number of hydrogen-bond donors (Lipinski definition) is 1. The van der Waals surface area contributed by atoms with Gasteiger partial charge in [-0.2, -0.15) is 0 Å². The van der Waals surface area contributed by atoms with Crippen molar-refractivity contribution in [1.29, 1.82) is 0 Å². The minimum absolute atomic E-state index is 0.0716. The van der Waals surface area contributed by atoms with Gasteiger partial charge in [-0.3, -0.25) is 4.79 Å². The van der Waals surface area contributed by atoms with Gasteiger partial charge in [0.05, 0.1) is 12.2 Å². The van der Waals surface area contributed by atoms with E-state index in [9.17, 15) is 4.79 Å². The number of esters is 1. The Labute approximate surface area is 88.5 Å². The summed E-state index contributed by atoms with van der Waals surface area (Å²) in [5.74, 6) is 5.49. The second kappa shape index (κ2) is 5.66. The average molecular weight is 204 g/mol. The zero-order valence-electron chi connectivity index (χ0n) is 8.49. The maximum atomic E-state index is 10.9. The predicted octanol–water partition coefficient (Wildman–Crippen LogP) is 0.968. The van der Waals surface area contributed by atoms with Crippen LogP contribution in [0.25, 0.3) is 0 Å². The number of rotatable bonds is 2. The van der Waals surface area contributed by atoms with E-state index in [4.69, 9.17) is 10.5 Å². The molecule has 0 spiro atoms. The van der Waals surface area contributed by atoms with Crippen molar-refractivity contribution >= 4 is 11.8 Å². The lowest BCUT2D eigenvalue weighted by Crippen LogP contribution is -2.01. The Hall–Kier alpha value is -2.02. The first-order valence-corrected chi connectivity index (χ1v) is 4.59. The lowest BCUT2D eigenvalue weighted by atomic mass is 10.2. The molecule has 0 bridgehead atoms. The van der Waals surface area contributed by atoms with Gasteiger partial charge in [0, 0.05) is 6.20 Å². The minimum atomic E-state index is -0.326. The van der Waals surface area contributed by atoms with Crippen molar-refractivity contribution < 1.29 is 9.53 Å². The van der Waals surface area contributed by atoms with Crippen LogP contribution in [0.1, 0.15) is 18.9 Å². The van der Waals surface area contributed by atoms with Crippen LogP contribution in [-0.4, -0.2) is 17.6 Å². The number of anilines is 1. The van der Waals surface area contributed by atoms with Crippen molar-refractivity contribution in [2.75, 3.05) is 12.3 Å². The fourth-order valence-corrected chi connectivity index (χ4v) is 0.947. The quantitative estimate of drug-likeness (QED) is 0.575. The molecule has 1 aromatic heterocycles. The van der Waals surface area contributed by atoms with Gasteiger partial charge in [0.25, 0.3) is 0 Å². The van der Waals surface area contributed by atoms with Gasteiger partial charge in [0.15, 0.2) is 0 Å². The first-order valence-electron chi connectivity index (χ1n) is 4.59. The number of carbonyl (C=O) groups excluding carboxylic acids is 1. The molecule has 0 saturated heterocycles. The molecule has 0 amide bonds. The summed E-state index contributed by atoms with van der Waals surface area (Å²) in [6, 6.07) is 3.49. The Morgan fingerprint density at radius 1 is 1.67 bits per heavy atom. The fraction of sp³-hybridized carbons (Fsp3) is 0.273. The first kappa shape index (κ1) is 11.1. The molecule has 2 N–H and O–H groups in total. The summed E-state index contributed by atoms with van der Waals surface area (Å²) < 4.78 is 4.72. The van der Waals surface area contributed by atoms with Crippen LogP contribution in [0.4, 0.5) is 5.82 Å². The van der Waals surface area contributed by atoms with Crippen LogP contribution in [-0.2, 0) is 9.53 Å². The van der Waals surface area contributed by atoms with Crippen molar-refractivity contribution in [3.05, 3.63) is 23.9 Å². The van der Waals surface area contributed by atoms with Gasteiger partial charge in [-0.25, -0.2) is 4.98 Å². The van der Waals surface area contributed by atoms with E-state index in [0.717, 1.165) is 0 Å². The summed E-state index contributed by atoms with van der Waals surface area (Å²) in [4.78, 5) is 14.8. The Balaban J connectivity index is 2.59. The van der Waals surface area contributed by atoms with E-state index in [1.54, 1.807) is 25.3 Å². The highest BCUT2D eigenvalue weighted by molar-refractivity contribution is 5.72. The van der Waals surface area contributed by atoms with Gasteiger partial charge < -0.3 is 10.5 Å². The Bertz CT molecular complexity index is 405. The highest BCUT2D eigenvalue weighted by Crippen LogP contribution is 2.03. The van der Waals surface area contributed by atoms with E-state index in [0.29, 0.717) is 18.0 Å². The van der Waals surface area contributed by atoms with E-state index in [2.05, 4.69) is 16.8 Å². The largest absolute Gasteiger partial charge is 0.465 e. The van der Waals surface area contributed by atoms with E-state index in [1.165, 1.54) is 0 Å². The van der Waals surface area contributed by atoms with Crippen LogP contribution in [0, 0.1) is 11.8 Å². The number of aromatic nitrogens is 1. The second-order valence-corrected chi connectivity index (χ2v) is 2.72. The molecule has 0 fully saturated rings. The number of carbonyl (C=O) groups is 1. The van der Waals surface area contributed by atoms with E-state index >= 15 is 0 Å². The van der Waals surface area contributed by atoms with E-state index < -0.39 is 0 Å². The summed E-state index contributed by atoms with van der Waals surface area (Å²) in [5.41, 5.74) is 6.19. The summed E-state index contributed by atoms with van der Waals surface area (Å²) in [6.07, 6.45) is 1.66. The molecule has 4 heteroatoms. The topological polar surface area (TPSA) is 65.2 Å². The average Bonchev–Trinajstić information content (AvgIpc) is 2.21. The maximum Gasteiger partial charge on any atom is 0.317 e. The second-order valence-electron chi connectivity index (χ2n) is 2.72. The summed E-state index contributed by atoms with van der Waals surface area (Å²) in [7, 11) is 0. The molecule has 0 aliphatic rings. The number of ether oxygens (including phenoxy) is 1. The highest BCUT2D eigenvalue weighted by Gasteiger charge is 1.97. The molecule has 78 valence electrons. The van der Waals surface area contributed by atoms with Crippen LogP contribution in [0.15, 0.2) is 18.3 Å². The van der Waals surface area contributed by atoms with Crippen molar-refractivity contribution in [3.8, 4) is 11.8 Å². The zero-order chi connectivity index (χ0) is 11.1. The molecule has 0 atom stereocenters. The lowest BCUT2D eigenvalue weighted by Gasteiger charge is -1.95. The molecule has 0 aliphatic carbocycles. The molecule has 1 heterocycles. The molecule has 4 nitrogen and oxygen atoms in total. The molecule has 0 unspecified atom stereocenters. The summed E-state index contributed by atoms with van der Waals surface area (Å²) >= 11 is 0. The van der Waals surface area contributed by atoms with Gasteiger partial charge in [-0.1, -0.05) is 11.8 Å². The molecule has 15 heavy (non-hydrogen) atoms. The van der Waals surface area contributed by atoms with Crippen LogP contribution < -0.4 is 5.73 Å². The third kappa shape index (κ3) is 3.69. The Kier molecular flexibility index (Phi) is 4.17. The zero-order valence-corrected chi connectivity index (χ0v) is 8.49. The number of nitrogen functional groups attached to an aromatic ring is 1. The van der Waals surface area contributed by atoms with E-state index in [-0.39, 0.29) is 12.4 Å². The Morgan fingerprint density at radius 2 is 2.47 bits per heavy atom. The molecule has 1 rings (SSSR count). The molecular weight excluding hydrogens is 192 g/mol. The molecule has 0 radical (unpaired) electrons. The monoisotopic (exact) mass is 204 g/mol. The van der Waals surface area contributed by atoms with Gasteiger partial charge in [-0.15, -0.1) is 0 Å². The predicted molar refractivity (Wildman–Crippen MR) is 56.8 cm³/mol. The normalized spacial score (nSPS) is 8.87. The van der Waals surface area contributed by atoms with Gasteiger partial charge in [-0.05, 0) is 19.1 Å². The highest BCUT2D eigenvalue weighted by atomic mass is 16.5. The number of hydrogen-bond acceptors (Lipinski definition) is 4. The SMILES string of the molecule is CCOC(=O)CC#Cc1cccnc1N. The van der Waals surface area contributed by atoms with Crippen LogP contribution in [0.5, 0.6) is 0 Å². The fourth-order valence-electron chi connectivity index (χ4n) is 0.947. The van der Waals surface area contributed by atoms with Crippen molar-refractivity contribution in [2.45, 2.75) is 13.3 Å². The molecule has 1 aromatic rings. The van der Waals surface area contributed by atoms with Gasteiger partial charge in [0.2, 0.25) is 0 Å².